The minimum atomic E-state index is -0.379. The molecule has 1 aromatic heterocycles. The van der Waals surface area contributed by atoms with Crippen LogP contribution in [0.5, 0.6) is 0 Å². The van der Waals surface area contributed by atoms with Crippen LogP contribution in [0, 0.1) is 10.1 Å². The van der Waals surface area contributed by atoms with E-state index >= 15 is 0 Å². The number of quaternary nitrogens is 1. The van der Waals surface area contributed by atoms with Crippen LogP contribution in [0.4, 0.5) is 11.4 Å². The summed E-state index contributed by atoms with van der Waals surface area (Å²) in [6.45, 7) is 5.62. The van der Waals surface area contributed by atoms with E-state index in [9.17, 15) is 10.1 Å². The summed E-state index contributed by atoms with van der Waals surface area (Å²) in [5.74, 6) is 1.08. The predicted molar refractivity (Wildman–Crippen MR) is 109 cm³/mol. The van der Waals surface area contributed by atoms with Crippen LogP contribution in [0.25, 0.3) is 11.5 Å². The molecule has 1 fully saturated rings. The maximum absolute atomic E-state index is 10.8. The van der Waals surface area contributed by atoms with Gasteiger partial charge in [-0.15, -0.1) is 10.2 Å². The van der Waals surface area contributed by atoms with Gasteiger partial charge in [-0.1, -0.05) is 17.7 Å². The Morgan fingerprint density at radius 2 is 1.90 bits per heavy atom. The van der Waals surface area contributed by atoms with E-state index in [-0.39, 0.29) is 16.7 Å². The van der Waals surface area contributed by atoms with E-state index < -0.39 is 0 Å². The number of nitro benzene ring substituents is 1. The SMILES string of the molecule is C[C@H](c1nnc(-c2cccc(Cl)c2)o1)[NH+]1CCN(c2ccc([N+](=O)[O-])cc2)CC1. The van der Waals surface area contributed by atoms with E-state index in [2.05, 4.69) is 22.0 Å². The number of hydrogen-bond acceptors (Lipinski definition) is 6. The third-order valence-electron chi connectivity index (χ3n) is 5.33. The fourth-order valence-electron chi connectivity index (χ4n) is 3.59. The van der Waals surface area contributed by atoms with Crippen molar-refractivity contribution in [2.45, 2.75) is 13.0 Å². The molecule has 0 spiro atoms. The summed E-state index contributed by atoms with van der Waals surface area (Å²) < 4.78 is 5.91. The Bertz CT molecular complexity index is 999. The lowest BCUT2D eigenvalue weighted by molar-refractivity contribution is -0.931. The molecule has 1 N–H and O–H groups in total. The van der Waals surface area contributed by atoms with Gasteiger partial charge < -0.3 is 14.2 Å². The average molecular weight is 415 g/mol. The highest BCUT2D eigenvalue weighted by Gasteiger charge is 2.29. The molecule has 2 heterocycles. The Kier molecular flexibility index (Phi) is 5.46. The smallest absolute Gasteiger partial charge is 0.274 e. The minimum absolute atomic E-state index is 0.0782. The zero-order valence-corrected chi connectivity index (χ0v) is 16.7. The van der Waals surface area contributed by atoms with Gasteiger partial charge in [0, 0.05) is 28.4 Å². The molecule has 29 heavy (non-hydrogen) atoms. The summed E-state index contributed by atoms with van der Waals surface area (Å²) in [4.78, 5) is 14.0. The van der Waals surface area contributed by atoms with Gasteiger partial charge >= 0.3 is 0 Å². The van der Waals surface area contributed by atoms with Gasteiger partial charge in [-0.2, -0.15) is 0 Å². The largest absolute Gasteiger partial charge is 0.415 e. The number of rotatable bonds is 5. The van der Waals surface area contributed by atoms with Crippen LogP contribution in [0.2, 0.25) is 5.02 Å². The number of halogens is 1. The molecule has 0 unspecified atom stereocenters. The van der Waals surface area contributed by atoms with Gasteiger partial charge in [0.05, 0.1) is 31.1 Å². The van der Waals surface area contributed by atoms with Crippen molar-refractivity contribution in [3.63, 3.8) is 0 Å². The highest BCUT2D eigenvalue weighted by Crippen LogP contribution is 2.23. The quantitative estimate of drug-likeness (QED) is 0.510. The first-order valence-corrected chi connectivity index (χ1v) is 9.82. The maximum atomic E-state index is 10.8. The normalized spacial score (nSPS) is 16.0. The monoisotopic (exact) mass is 414 g/mol. The zero-order chi connectivity index (χ0) is 20.4. The van der Waals surface area contributed by atoms with Crippen molar-refractivity contribution in [1.29, 1.82) is 0 Å². The number of benzene rings is 2. The van der Waals surface area contributed by atoms with Crippen LogP contribution in [-0.4, -0.2) is 41.3 Å². The molecule has 0 saturated carbocycles. The minimum Gasteiger partial charge on any atom is -0.415 e. The van der Waals surface area contributed by atoms with Crippen molar-refractivity contribution in [2.24, 2.45) is 0 Å². The molecule has 8 nitrogen and oxygen atoms in total. The van der Waals surface area contributed by atoms with Crippen molar-refractivity contribution in [3.05, 3.63) is 69.6 Å². The number of nitro groups is 1. The summed E-state index contributed by atoms with van der Waals surface area (Å²) >= 11 is 6.04. The van der Waals surface area contributed by atoms with Gasteiger partial charge in [0.1, 0.15) is 0 Å². The molecular weight excluding hydrogens is 394 g/mol. The topological polar surface area (TPSA) is 89.7 Å². The van der Waals surface area contributed by atoms with Crippen molar-refractivity contribution < 1.29 is 14.2 Å². The number of aromatic nitrogens is 2. The van der Waals surface area contributed by atoms with Crippen LogP contribution in [0.15, 0.2) is 52.9 Å². The molecule has 0 amide bonds. The molecule has 1 aliphatic rings. The predicted octanol–water partition coefficient (Wildman–Crippen LogP) is 2.76. The molecule has 2 aromatic carbocycles. The van der Waals surface area contributed by atoms with Crippen molar-refractivity contribution in [2.75, 3.05) is 31.1 Å². The Morgan fingerprint density at radius 3 is 2.55 bits per heavy atom. The first-order valence-electron chi connectivity index (χ1n) is 9.44. The third-order valence-corrected chi connectivity index (χ3v) is 5.56. The van der Waals surface area contributed by atoms with Gasteiger partial charge in [0.15, 0.2) is 6.04 Å². The third kappa shape index (κ3) is 4.23. The van der Waals surface area contributed by atoms with E-state index in [0.717, 1.165) is 37.4 Å². The van der Waals surface area contributed by atoms with E-state index in [1.54, 1.807) is 24.3 Å². The Morgan fingerprint density at radius 1 is 1.17 bits per heavy atom. The van der Waals surface area contributed by atoms with E-state index in [1.165, 1.54) is 4.90 Å². The highest BCUT2D eigenvalue weighted by atomic mass is 35.5. The Balaban J connectivity index is 1.39. The molecule has 9 heteroatoms. The molecule has 0 bridgehead atoms. The first kappa shape index (κ1) is 19.4. The number of hydrogen-bond donors (Lipinski definition) is 1. The lowest BCUT2D eigenvalue weighted by Gasteiger charge is -2.35. The van der Waals surface area contributed by atoms with E-state index in [4.69, 9.17) is 16.0 Å². The standard InChI is InChI=1S/C20H20ClN5O3/c1-14(19-22-23-20(29-19)15-3-2-4-16(21)13-15)24-9-11-25(12-10-24)17-5-7-18(8-6-17)26(27)28/h2-8,13-14H,9-12H2,1H3/p+1/t14-/m1/s1. The molecule has 150 valence electrons. The van der Waals surface area contributed by atoms with Crippen LogP contribution >= 0.6 is 11.6 Å². The van der Waals surface area contributed by atoms with Gasteiger partial charge in [0.2, 0.25) is 5.89 Å². The molecule has 3 aromatic rings. The van der Waals surface area contributed by atoms with Crippen LogP contribution in [-0.2, 0) is 0 Å². The van der Waals surface area contributed by atoms with E-state index in [0.29, 0.717) is 16.8 Å². The lowest BCUT2D eigenvalue weighted by atomic mass is 10.2. The second-order valence-electron chi connectivity index (χ2n) is 7.10. The fourth-order valence-corrected chi connectivity index (χ4v) is 3.78. The van der Waals surface area contributed by atoms with Crippen molar-refractivity contribution in [1.82, 2.24) is 10.2 Å². The Labute approximate surface area is 172 Å². The number of nitrogens with zero attached hydrogens (tertiary/aromatic N) is 4. The summed E-state index contributed by atoms with van der Waals surface area (Å²) in [5.41, 5.74) is 1.92. The zero-order valence-electron chi connectivity index (χ0n) is 15.9. The molecular formula is C20H21ClN5O3+. The summed E-state index contributed by atoms with van der Waals surface area (Å²) in [5, 5.41) is 19.9. The lowest BCUT2D eigenvalue weighted by Crippen LogP contribution is -3.14. The molecule has 1 saturated heterocycles. The molecule has 0 radical (unpaired) electrons. The van der Waals surface area contributed by atoms with Gasteiger partial charge in [0.25, 0.3) is 11.6 Å². The highest BCUT2D eigenvalue weighted by molar-refractivity contribution is 6.30. The molecule has 1 atom stereocenters. The van der Waals surface area contributed by atoms with Gasteiger partial charge in [-0.3, -0.25) is 10.1 Å². The molecule has 1 aliphatic heterocycles. The number of piperazine rings is 1. The molecule has 4 rings (SSSR count). The van der Waals surface area contributed by atoms with Crippen molar-refractivity contribution >= 4 is 23.0 Å². The average Bonchev–Trinajstić information content (AvgIpc) is 3.24. The molecule has 0 aliphatic carbocycles. The van der Waals surface area contributed by atoms with Gasteiger partial charge in [-0.25, -0.2) is 0 Å². The van der Waals surface area contributed by atoms with Crippen LogP contribution < -0.4 is 9.80 Å². The first-order chi connectivity index (χ1) is 14.0. The Hall–Kier alpha value is -2.97. The summed E-state index contributed by atoms with van der Waals surface area (Å²) in [6.07, 6.45) is 0. The second kappa shape index (κ2) is 8.18. The number of non-ortho nitro benzene ring substituents is 1. The second-order valence-corrected chi connectivity index (χ2v) is 7.53. The fraction of sp³-hybridized carbons (Fsp3) is 0.300. The van der Waals surface area contributed by atoms with Crippen molar-refractivity contribution in [3.8, 4) is 11.5 Å². The van der Waals surface area contributed by atoms with E-state index in [1.807, 2.05) is 24.3 Å². The summed E-state index contributed by atoms with van der Waals surface area (Å²) in [6, 6.07) is 14.1. The maximum Gasteiger partial charge on any atom is 0.274 e. The summed E-state index contributed by atoms with van der Waals surface area (Å²) in [7, 11) is 0. The number of nitrogens with one attached hydrogen (secondary N) is 1. The van der Waals surface area contributed by atoms with Crippen LogP contribution in [0.1, 0.15) is 18.9 Å². The van der Waals surface area contributed by atoms with Crippen LogP contribution in [0.3, 0.4) is 0 Å². The van der Waals surface area contributed by atoms with Gasteiger partial charge in [-0.05, 0) is 37.3 Å². The number of anilines is 1.